The van der Waals surface area contributed by atoms with Crippen LogP contribution in [0.3, 0.4) is 0 Å². The van der Waals surface area contributed by atoms with E-state index in [0.717, 1.165) is 17.7 Å². The molecule has 0 unspecified atom stereocenters. The number of pyridine rings is 1. The number of hydrogen-bond donors (Lipinski definition) is 0. The van der Waals surface area contributed by atoms with E-state index in [1.54, 1.807) is 17.7 Å². The van der Waals surface area contributed by atoms with Gasteiger partial charge in [0.1, 0.15) is 5.75 Å². The molecular weight excluding hydrogens is 278 g/mol. The van der Waals surface area contributed by atoms with Crippen molar-refractivity contribution in [1.29, 1.82) is 0 Å². The molecule has 0 radical (unpaired) electrons. The summed E-state index contributed by atoms with van der Waals surface area (Å²) in [6, 6.07) is 11.1. The standard InChI is InChI=1S/C18H21NO3/c1-12(2)10-15-11-16(22-13(3)20)17(18(21)19(15)4)14-8-6-5-7-9-14/h5-9,11-12H,10H2,1-4H3. The molecule has 0 saturated carbocycles. The van der Waals surface area contributed by atoms with Crippen LogP contribution in [0.25, 0.3) is 11.1 Å². The van der Waals surface area contributed by atoms with Crippen LogP contribution in [0.4, 0.5) is 0 Å². The van der Waals surface area contributed by atoms with Crippen LogP contribution in [-0.4, -0.2) is 10.5 Å². The molecule has 0 aliphatic rings. The fourth-order valence-corrected chi connectivity index (χ4v) is 2.44. The summed E-state index contributed by atoms with van der Waals surface area (Å²) in [5, 5.41) is 0. The Kier molecular flexibility index (Phi) is 4.81. The summed E-state index contributed by atoms with van der Waals surface area (Å²) in [5.41, 5.74) is 1.87. The van der Waals surface area contributed by atoms with Gasteiger partial charge in [-0.2, -0.15) is 0 Å². The van der Waals surface area contributed by atoms with E-state index < -0.39 is 5.97 Å². The monoisotopic (exact) mass is 299 g/mol. The SMILES string of the molecule is CC(=O)Oc1cc(CC(C)C)n(C)c(=O)c1-c1ccccc1. The molecule has 0 aliphatic heterocycles. The first-order chi connectivity index (χ1) is 10.4. The van der Waals surface area contributed by atoms with E-state index in [4.69, 9.17) is 4.74 Å². The third-order valence-electron chi connectivity index (χ3n) is 3.43. The van der Waals surface area contributed by atoms with Crippen LogP contribution in [-0.2, 0) is 18.3 Å². The summed E-state index contributed by atoms with van der Waals surface area (Å²) < 4.78 is 6.94. The number of rotatable bonds is 4. The maximum Gasteiger partial charge on any atom is 0.308 e. The average Bonchev–Trinajstić information content (AvgIpc) is 2.44. The fourth-order valence-electron chi connectivity index (χ4n) is 2.44. The second kappa shape index (κ2) is 6.60. The van der Waals surface area contributed by atoms with Gasteiger partial charge in [0.05, 0.1) is 5.56 Å². The normalized spacial score (nSPS) is 10.8. The van der Waals surface area contributed by atoms with E-state index in [0.29, 0.717) is 17.2 Å². The highest BCUT2D eigenvalue weighted by Crippen LogP contribution is 2.28. The van der Waals surface area contributed by atoms with Crippen molar-refractivity contribution < 1.29 is 9.53 Å². The molecule has 22 heavy (non-hydrogen) atoms. The second-order valence-corrected chi connectivity index (χ2v) is 5.80. The van der Waals surface area contributed by atoms with Crippen LogP contribution in [0.5, 0.6) is 5.75 Å². The molecule has 1 heterocycles. The molecule has 0 saturated heterocycles. The minimum Gasteiger partial charge on any atom is -0.426 e. The third kappa shape index (κ3) is 3.45. The van der Waals surface area contributed by atoms with Gasteiger partial charge in [-0.1, -0.05) is 44.2 Å². The number of carbonyl (C=O) groups is 1. The highest BCUT2D eigenvalue weighted by Gasteiger charge is 2.17. The highest BCUT2D eigenvalue weighted by molar-refractivity contribution is 5.76. The fraction of sp³-hybridized carbons (Fsp3) is 0.333. The quantitative estimate of drug-likeness (QED) is 0.815. The van der Waals surface area contributed by atoms with Gasteiger partial charge in [0, 0.05) is 25.7 Å². The molecule has 0 fully saturated rings. The number of carbonyl (C=O) groups excluding carboxylic acids is 1. The largest absolute Gasteiger partial charge is 0.426 e. The Morgan fingerprint density at radius 2 is 1.86 bits per heavy atom. The number of hydrogen-bond acceptors (Lipinski definition) is 3. The first-order valence-corrected chi connectivity index (χ1v) is 7.37. The maximum absolute atomic E-state index is 12.7. The van der Waals surface area contributed by atoms with Gasteiger partial charge >= 0.3 is 5.97 Å². The maximum atomic E-state index is 12.7. The molecule has 0 spiro atoms. The summed E-state index contributed by atoms with van der Waals surface area (Å²) >= 11 is 0. The molecule has 2 aromatic rings. The topological polar surface area (TPSA) is 48.3 Å². The molecule has 4 heteroatoms. The van der Waals surface area contributed by atoms with E-state index in [2.05, 4.69) is 13.8 Å². The Morgan fingerprint density at radius 3 is 2.41 bits per heavy atom. The third-order valence-corrected chi connectivity index (χ3v) is 3.43. The van der Waals surface area contributed by atoms with Crippen molar-refractivity contribution in [2.24, 2.45) is 13.0 Å². The van der Waals surface area contributed by atoms with Crippen LogP contribution in [0.15, 0.2) is 41.2 Å². The van der Waals surface area contributed by atoms with E-state index in [1.807, 2.05) is 30.3 Å². The lowest BCUT2D eigenvalue weighted by atomic mass is 10.0. The Hall–Kier alpha value is -2.36. The molecule has 0 amide bonds. The lowest BCUT2D eigenvalue weighted by molar-refractivity contribution is -0.131. The van der Waals surface area contributed by atoms with Crippen molar-refractivity contribution in [3.05, 3.63) is 52.4 Å². The van der Waals surface area contributed by atoms with Gasteiger partial charge in [-0.15, -0.1) is 0 Å². The zero-order valence-corrected chi connectivity index (χ0v) is 13.4. The molecule has 1 aromatic heterocycles. The first kappa shape index (κ1) is 16.0. The summed E-state index contributed by atoms with van der Waals surface area (Å²) in [6.07, 6.45) is 0.745. The minimum atomic E-state index is -0.430. The molecule has 0 bridgehead atoms. The van der Waals surface area contributed by atoms with Crippen LogP contribution < -0.4 is 10.3 Å². The number of aromatic nitrogens is 1. The summed E-state index contributed by atoms with van der Waals surface area (Å²) in [6.45, 7) is 5.51. The molecule has 2 rings (SSSR count). The molecule has 116 valence electrons. The average molecular weight is 299 g/mol. The van der Waals surface area contributed by atoms with E-state index in [1.165, 1.54) is 6.92 Å². The second-order valence-electron chi connectivity index (χ2n) is 5.80. The molecule has 1 aromatic carbocycles. The molecule has 4 nitrogen and oxygen atoms in total. The van der Waals surface area contributed by atoms with Gasteiger partial charge < -0.3 is 9.30 Å². The summed E-state index contributed by atoms with van der Waals surface area (Å²) in [4.78, 5) is 24.1. The van der Waals surface area contributed by atoms with Gasteiger partial charge in [0.2, 0.25) is 0 Å². The van der Waals surface area contributed by atoms with Crippen LogP contribution in [0, 0.1) is 5.92 Å². The number of ether oxygens (including phenoxy) is 1. The van der Waals surface area contributed by atoms with Crippen LogP contribution in [0.2, 0.25) is 0 Å². The zero-order valence-electron chi connectivity index (χ0n) is 13.4. The number of benzene rings is 1. The molecule has 0 aliphatic carbocycles. The Morgan fingerprint density at radius 1 is 1.23 bits per heavy atom. The Balaban J connectivity index is 2.68. The van der Waals surface area contributed by atoms with E-state index in [9.17, 15) is 9.59 Å². The Bertz CT molecular complexity index is 730. The molecule has 0 atom stereocenters. The highest BCUT2D eigenvalue weighted by atomic mass is 16.5. The number of esters is 1. The van der Waals surface area contributed by atoms with Crippen molar-refractivity contribution in [3.8, 4) is 16.9 Å². The van der Waals surface area contributed by atoms with Crippen molar-refractivity contribution >= 4 is 5.97 Å². The van der Waals surface area contributed by atoms with Crippen LogP contribution >= 0.6 is 0 Å². The van der Waals surface area contributed by atoms with Crippen molar-refractivity contribution in [2.45, 2.75) is 27.2 Å². The van der Waals surface area contributed by atoms with Gasteiger partial charge in [-0.05, 0) is 17.9 Å². The van der Waals surface area contributed by atoms with Crippen molar-refractivity contribution in [2.75, 3.05) is 0 Å². The smallest absolute Gasteiger partial charge is 0.308 e. The minimum absolute atomic E-state index is 0.152. The summed E-state index contributed by atoms with van der Waals surface area (Å²) in [7, 11) is 1.75. The first-order valence-electron chi connectivity index (χ1n) is 7.37. The van der Waals surface area contributed by atoms with Gasteiger partial charge in [-0.3, -0.25) is 9.59 Å². The van der Waals surface area contributed by atoms with Gasteiger partial charge in [0.25, 0.3) is 5.56 Å². The van der Waals surface area contributed by atoms with Crippen molar-refractivity contribution in [1.82, 2.24) is 4.57 Å². The predicted molar refractivity (Wildman–Crippen MR) is 87.0 cm³/mol. The zero-order chi connectivity index (χ0) is 16.3. The summed E-state index contributed by atoms with van der Waals surface area (Å²) in [5.74, 6) is 0.303. The van der Waals surface area contributed by atoms with Gasteiger partial charge in [-0.25, -0.2) is 0 Å². The van der Waals surface area contributed by atoms with Crippen LogP contribution in [0.1, 0.15) is 26.5 Å². The van der Waals surface area contributed by atoms with Gasteiger partial charge in [0.15, 0.2) is 0 Å². The lowest BCUT2D eigenvalue weighted by Gasteiger charge is -2.16. The number of nitrogens with zero attached hydrogens (tertiary/aromatic N) is 1. The van der Waals surface area contributed by atoms with Crippen molar-refractivity contribution in [3.63, 3.8) is 0 Å². The Labute approximate surface area is 130 Å². The lowest BCUT2D eigenvalue weighted by Crippen LogP contribution is -2.24. The van der Waals surface area contributed by atoms with E-state index in [-0.39, 0.29) is 5.56 Å². The predicted octanol–water partition coefficient (Wildman–Crippen LogP) is 3.18. The molecular formula is C18H21NO3. The van der Waals surface area contributed by atoms with E-state index >= 15 is 0 Å². The molecule has 0 N–H and O–H groups in total.